The number of hydrogen-bond acceptors (Lipinski definition) is 4. The van der Waals surface area contributed by atoms with Crippen molar-refractivity contribution < 1.29 is 4.74 Å². The molecule has 21 heavy (non-hydrogen) atoms. The van der Waals surface area contributed by atoms with Crippen molar-refractivity contribution in [2.24, 2.45) is 5.73 Å². The Hall–Kier alpha value is -0.880. The van der Waals surface area contributed by atoms with E-state index in [1.807, 2.05) is 0 Å². The van der Waals surface area contributed by atoms with Gasteiger partial charge in [0, 0.05) is 36.5 Å². The molecule has 112 valence electrons. The lowest BCUT2D eigenvalue weighted by Crippen LogP contribution is -2.28. The number of halogens is 1. The molecule has 0 bridgehead atoms. The molecule has 0 unspecified atom stereocenters. The molecular weight excluding hydrogens is 348 g/mol. The van der Waals surface area contributed by atoms with Gasteiger partial charge in [0.1, 0.15) is 0 Å². The van der Waals surface area contributed by atoms with Crippen LogP contribution in [0.5, 0.6) is 5.06 Å². The van der Waals surface area contributed by atoms with Crippen molar-refractivity contribution in [3.05, 3.63) is 51.3 Å². The summed E-state index contributed by atoms with van der Waals surface area (Å²) in [4.78, 5) is 3.74. The van der Waals surface area contributed by atoms with Crippen LogP contribution in [0.1, 0.15) is 16.4 Å². The Bertz CT molecular complexity index is 602. The number of thiophene rings is 1. The maximum absolute atomic E-state index is 6.34. The monoisotopic (exact) mass is 366 g/mol. The second kappa shape index (κ2) is 6.48. The molecule has 1 saturated heterocycles. The van der Waals surface area contributed by atoms with Gasteiger partial charge in [0.05, 0.1) is 11.6 Å². The van der Waals surface area contributed by atoms with Gasteiger partial charge < -0.3 is 10.5 Å². The Labute approximate surface area is 137 Å². The molecule has 1 fully saturated rings. The topological polar surface area (TPSA) is 38.5 Å². The molecule has 0 spiro atoms. The summed E-state index contributed by atoms with van der Waals surface area (Å²) in [6.45, 7) is 2.89. The van der Waals surface area contributed by atoms with Gasteiger partial charge in [0.2, 0.25) is 0 Å². The molecule has 2 N–H and O–H groups in total. The van der Waals surface area contributed by atoms with Crippen LogP contribution in [0.2, 0.25) is 0 Å². The van der Waals surface area contributed by atoms with E-state index >= 15 is 0 Å². The molecule has 0 radical (unpaired) electrons. The highest BCUT2D eigenvalue weighted by molar-refractivity contribution is 9.10. The van der Waals surface area contributed by atoms with Crippen molar-refractivity contribution in [3.8, 4) is 5.06 Å². The molecule has 1 aliphatic rings. The van der Waals surface area contributed by atoms with E-state index in [4.69, 9.17) is 10.5 Å². The van der Waals surface area contributed by atoms with Crippen molar-refractivity contribution in [2.45, 2.75) is 18.5 Å². The van der Waals surface area contributed by atoms with Crippen molar-refractivity contribution in [1.29, 1.82) is 0 Å². The molecule has 1 aliphatic heterocycles. The van der Waals surface area contributed by atoms with Crippen molar-refractivity contribution >= 4 is 27.3 Å². The van der Waals surface area contributed by atoms with E-state index in [-0.39, 0.29) is 6.04 Å². The predicted octanol–water partition coefficient (Wildman–Crippen LogP) is 3.45. The summed E-state index contributed by atoms with van der Waals surface area (Å²) in [5, 5.41) is 0.938. The van der Waals surface area contributed by atoms with Gasteiger partial charge in [-0.3, -0.25) is 4.90 Å². The number of benzene rings is 1. The third-order valence-electron chi connectivity index (χ3n) is 3.94. The van der Waals surface area contributed by atoms with Crippen LogP contribution in [-0.4, -0.2) is 31.1 Å². The highest BCUT2D eigenvalue weighted by Crippen LogP contribution is 2.36. The number of hydrogen-bond donors (Lipinski definition) is 1. The summed E-state index contributed by atoms with van der Waals surface area (Å²) in [6.07, 6.45) is 0. The van der Waals surface area contributed by atoms with E-state index in [1.54, 1.807) is 18.4 Å². The SMILES string of the molecule is COc1sc(CN2C[C@@H](N)[C@H](c3ccccc3)C2)cc1Br. The third-order valence-corrected chi connectivity index (χ3v) is 5.87. The van der Waals surface area contributed by atoms with E-state index in [0.29, 0.717) is 5.92 Å². The largest absolute Gasteiger partial charge is 0.486 e. The number of rotatable bonds is 4. The predicted molar refractivity (Wildman–Crippen MR) is 91.0 cm³/mol. The Balaban J connectivity index is 1.68. The smallest absolute Gasteiger partial charge is 0.188 e. The zero-order chi connectivity index (χ0) is 14.8. The minimum Gasteiger partial charge on any atom is -0.486 e. The van der Waals surface area contributed by atoms with Gasteiger partial charge in [-0.15, -0.1) is 11.3 Å². The zero-order valence-corrected chi connectivity index (χ0v) is 14.4. The second-order valence-corrected chi connectivity index (χ2v) is 7.38. The Morgan fingerprint density at radius 3 is 2.76 bits per heavy atom. The van der Waals surface area contributed by atoms with Crippen LogP contribution in [0.4, 0.5) is 0 Å². The molecule has 3 nitrogen and oxygen atoms in total. The van der Waals surface area contributed by atoms with E-state index < -0.39 is 0 Å². The molecule has 3 rings (SSSR count). The average molecular weight is 367 g/mol. The first-order valence-corrected chi connectivity index (χ1v) is 8.63. The summed E-state index contributed by atoms with van der Waals surface area (Å²) in [6, 6.07) is 12.9. The molecule has 0 saturated carbocycles. The first-order chi connectivity index (χ1) is 10.2. The number of methoxy groups -OCH3 is 1. The maximum Gasteiger partial charge on any atom is 0.188 e. The number of nitrogens with zero attached hydrogens (tertiary/aromatic N) is 1. The van der Waals surface area contributed by atoms with Crippen LogP contribution < -0.4 is 10.5 Å². The lowest BCUT2D eigenvalue weighted by molar-refractivity contribution is 0.326. The van der Waals surface area contributed by atoms with Gasteiger partial charge in [0.15, 0.2) is 5.06 Å². The second-order valence-electron chi connectivity index (χ2n) is 5.43. The summed E-state index contributed by atoms with van der Waals surface area (Å²) >= 11 is 5.22. The van der Waals surface area contributed by atoms with Gasteiger partial charge in [-0.2, -0.15) is 0 Å². The van der Waals surface area contributed by atoms with Crippen LogP contribution >= 0.6 is 27.3 Å². The van der Waals surface area contributed by atoms with Crippen LogP contribution in [0.15, 0.2) is 40.9 Å². The molecule has 0 amide bonds. The Morgan fingerprint density at radius 2 is 2.10 bits per heavy atom. The van der Waals surface area contributed by atoms with Crippen LogP contribution in [0.25, 0.3) is 0 Å². The lowest BCUT2D eigenvalue weighted by atomic mass is 9.95. The molecule has 5 heteroatoms. The third kappa shape index (κ3) is 3.31. The summed E-state index contributed by atoms with van der Waals surface area (Å²) in [5.41, 5.74) is 7.69. The van der Waals surface area contributed by atoms with Crippen molar-refractivity contribution in [1.82, 2.24) is 4.90 Å². The van der Waals surface area contributed by atoms with Crippen molar-refractivity contribution in [2.75, 3.05) is 20.2 Å². The van der Waals surface area contributed by atoms with Crippen molar-refractivity contribution in [3.63, 3.8) is 0 Å². The summed E-state index contributed by atoms with van der Waals surface area (Å²) in [7, 11) is 1.71. The maximum atomic E-state index is 6.34. The summed E-state index contributed by atoms with van der Waals surface area (Å²) in [5.74, 6) is 0.427. The first kappa shape index (κ1) is 15.0. The molecular formula is C16H19BrN2OS. The van der Waals surface area contributed by atoms with Gasteiger partial charge >= 0.3 is 0 Å². The molecule has 2 aromatic rings. The highest BCUT2D eigenvalue weighted by atomic mass is 79.9. The molecule has 2 atom stereocenters. The fourth-order valence-corrected chi connectivity index (χ4v) is 4.66. The van der Waals surface area contributed by atoms with Crippen LogP contribution in [-0.2, 0) is 6.54 Å². The quantitative estimate of drug-likeness (QED) is 0.900. The van der Waals surface area contributed by atoms with E-state index in [2.05, 4.69) is 57.2 Å². The molecule has 1 aromatic heterocycles. The van der Waals surface area contributed by atoms with Gasteiger partial charge in [-0.1, -0.05) is 30.3 Å². The fraction of sp³-hybridized carbons (Fsp3) is 0.375. The highest BCUT2D eigenvalue weighted by Gasteiger charge is 2.31. The lowest BCUT2D eigenvalue weighted by Gasteiger charge is -2.15. The zero-order valence-electron chi connectivity index (χ0n) is 12.0. The Morgan fingerprint density at radius 1 is 1.33 bits per heavy atom. The van der Waals surface area contributed by atoms with Crippen LogP contribution in [0, 0.1) is 0 Å². The first-order valence-electron chi connectivity index (χ1n) is 7.02. The number of likely N-dealkylation sites (tertiary alicyclic amines) is 1. The van der Waals surface area contributed by atoms with Gasteiger partial charge in [0.25, 0.3) is 0 Å². The molecule has 2 heterocycles. The minimum absolute atomic E-state index is 0.206. The fourth-order valence-electron chi connectivity index (χ4n) is 2.93. The average Bonchev–Trinajstić information content (AvgIpc) is 3.02. The van der Waals surface area contributed by atoms with E-state index in [9.17, 15) is 0 Å². The molecule has 1 aromatic carbocycles. The minimum atomic E-state index is 0.206. The normalized spacial score (nSPS) is 22.6. The number of nitrogens with two attached hydrogens (primary N) is 1. The summed E-state index contributed by atoms with van der Waals surface area (Å²) < 4.78 is 6.37. The standard InChI is InChI=1S/C16H19BrN2OS/c1-20-16-14(17)7-12(21-16)8-19-9-13(15(18)10-19)11-5-3-2-4-6-11/h2-7,13,15H,8-10,18H2,1H3/t13-,15+/m0/s1. The van der Waals surface area contributed by atoms with Crippen LogP contribution in [0.3, 0.4) is 0 Å². The number of ether oxygens (including phenoxy) is 1. The van der Waals surface area contributed by atoms with Gasteiger partial charge in [-0.05, 0) is 27.6 Å². The Kier molecular flexibility index (Phi) is 4.64. The molecule has 0 aliphatic carbocycles. The van der Waals surface area contributed by atoms with E-state index in [1.165, 1.54) is 10.4 Å². The van der Waals surface area contributed by atoms with Gasteiger partial charge in [-0.25, -0.2) is 0 Å². The van der Waals surface area contributed by atoms with E-state index in [0.717, 1.165) is 29.2 Å².